The summed E-state index contributed by atoms with van der Waals surface area (Å²) in [6, 6.07) is 47.4. The van der Waals surface area contributed by atoms with Crippen molar-refractivity contribution in [2.75, 3.05) is 0 Å². The lowest BCUT2D eigenvalue weighted by atomic mass is 9.93. The summed E-state index contributed by atoms with van der Waals surface area (Å²) in [4.78, 5) is 20.8. The molecule has 0 N–H and O–H groups in total. The molecule has 9 rings (SSSR count). The Morgan fingerprint density at radius 3 is 1.88 bits per heavy atom. The van der Waals surface area contributed by atoms with Crippen LogP contribution in [0.4, 0.5) is 0 Å². The Morgan fingerprint density at radius 1 is 0.451 bits per heavy atom. The third-order valence-electron chi connectivity index (χ3n) is 9.76. The molecule has 0 unspecified atom stereocenters. The maximum absolute atomic E-state index is 5.23. The minimum absolute atomic E-state index is 0.273. The number of rotatable bonds is 6. The number of thiophene rings is 1. The molecule has 246 valence electrons. The van der Waals surface area contributed by atoms with E-state index in [1.807, 2.05) is 6.07 Å². The van der Waals surface area contributed by atoms with Crippen molar-refractivity contribution in [1.29, 1.82) is 0 Å². The highest BCUT2D eigenvalue weighted by Crippen LogP contribution is 2.40. The normalized spacial score (nSPS) is 11.9. The first-order valence-corrected chi connectivity index (χ1v) is 18.4. The second-order valence-corrected chi connectivity index (χ2v) is 14.9. The van der Waals surface area contributed by atoms with Crippen LogP contribution in [0.1, 0.15) is 50.9 Å². The zero-order valence-electron chi connectivity index (χ0n) is 29.1. The molecule has 5 aromatic carbocycles. The molecule has 0 atom stereocenters. The highest BCUT2D eigenvalue weighted by atomic mass is 32.1. The van der Waals surface area contributed by atoms with Crippen molar-refractivity contribution in [2.45, 2.75) is 39.5 Å². The van der Waals surface area contributed by atoms with E-state index in [2.05, 4.69) is 155 Å². The van der Waals surface area contributed by atoms with E-state index in [0.717, 1.165) is 88.1 Å². The maximum atomic E-state index is 5.23. The maximum Gasteiger partial charge on any atom is 0.160 e. The van der Waals surface area contributed by atoms with Crippen LogP contribution in [0.15, 0.2) is 133 Å². The summed E-state index contributed by atoms with van der Waals surface area (Å²) in [5.41, 5.74) is 12.7. The summed E-state index contributed by atoms with van der Waals surface area (Å²) in [6.07, 6.45) is 0. The summed E-state index contributed by atoms with van der Waals surface area (Å²) < 4.78 is 2.33. The molecular formula is C46H36N4S. The van der Waals surface area contributed by atoms with E-state index in [-0.39, 0.29) is 5.92 Å². The number of fused-ring (bicyclic) bond motifs is 6. The Bertz CT molecular complexity index is 2760. The van der Waals surface area contributed by atoms with Gasteiger partial charge in [0.15, 0.2) is 5.82 Å². The SMILES string of the molecule is CC(C)c1ccc2ccc3c(-c4cccc(-c5cccc(-c6nc(-c7ccccc7)c7sc8ccccc8c7n6)c5)c4)cc(C(C)C)nc3c2n1. The van der Waals surface area contributed by atoms with E-state index in [1.54, 1.807) is 11.3 Å². The molecule has 4 heterocycles. The molecule has 0 fully saturated rings. The quantitative estimate of drug-likeness (QED) is 0.165. The van der Waals surface area contributed by atoms with Gasteiger partial charge in [0, 0.05) is 43.4 Å². The molecule has 0 aliphatic carbocycles. The van der Waals surface area contributed by atoms with Crippen LogP contribution in [-0.4, -0.2) is 19.9 Å². The molecule has 4 aromatic heterocycles. The fourth-order valence-electron chi connectivity index (χ4n) is 6.98. The number of pyridine rings is 2. The molecule has 0 aliphatic rings. The number of aromatic nitrogens is 4. The summed E-state index contributed by atoms with van der Waals surface area (Å²) in [5, 5.41) is 3.39. The highest BCUT2D eigenvalue weighted by Gasteiger charge is 2.18. The Balaban J connectivity index is 1.19. The lowest BCUT2D eigenvalue weighted by Gasteiger charge is -2.15. The topological polar surface area (TPSA) is 51.6 Å². The van der Waals surface area contributed by atoms with Crippen molar-refractivity contribution < 1.29 is 0 Å². The van der Waals surface area contributed by atoms with E-state index >= 15 is 0 Å². The van der Waals surface area contributed by atoms with Gasteiger partial charge < -0.3 is 0 Å². The van der Waals surface area contributed by atoms with Crippen molar-refractivity contribution >= 4 is 53.4 Å². The molecule has 0 spiro atoms. The van der Waals surface area contributed by atoms with Gasteiger partial charge in [0.25, 0.3) is 0 Å². The largest absolute Gasteiger partial charge is 0.250 e. The predicted molar refractivity (Wildman–Crippen MR) is 215 cm³/mol. The van der Waals surface area contributed by atoms with Crippen molar-refractivity contribution in [3.63, 3.8) is 0 Å². The van der Waals surface area contributed by atoms with Crippen LogP contribution < -0.4 is 0 Å². The monoisotopic (exact) mass is 676 g/mol. The smallest absolute Gasteiger partial charge is 0.160 e. The van der Waals surface area contributed by atoms with E-state index in [9.17, 15) is 0 Å². The van der Waals surface area contributed by atoms with Crippen LogP contribution in [0.5, 0.6) is 0 Å². The third kappa shape index (κ3) is 5.55. The van der Waals surface area contributed by atoms with Crippen molar-refractivity contribution in [3.8, 4) is 44.9 Å². The van der Waals surface area contributed by atoms with Crippen molar-refractivity contribution in [3.05, 3.63) is 145 Å². The molecule has 0 aliphatic heterocycles. The van der Waals surface area contributed by atoms with Crippen molar-refractivity contribution in [2.24, 2.45) is 0 Å². The minimum atomic E-state index is 0.273. The second kappa shape index (κ2) is 12.5. The molecule has 4 nitrogen and oxygen atoms in total. The van der Waals surface area contributed by atoms with Gasteiger partial charge in [0.05, 0.1) is 26.9 Å². The zero-order valence-corrected chi connectivity index (χ0v) is 29.9. The molecule has 0 amide bonds. The van der Waals surface area contributed by atoms with Crippen LogP contribution in [0, 0.1) is 0 Å². The van der Waals surface area contributed by atoms with Gasteiger partial charge in [0.2, 0.25) is 0 Å². The Kier molecular flexibility index (Phi) is 7.66. The summed E-state index contributed by atoms with van der Waals surface area (Å²) in [5.74, 6) is 1.34. The van der Waals surface area contributed by atoms with Crippen LogP contribution in [-0.2, 0) is 0 Å². The zero-order chi connectivity index (χ0) is 34.6. The average molecular weight is 677 g/mol. The fraction of sp³-hybridized carbons (Fsp3) is 0.130. The second-order valence-electron chi connectivity index (χ2n) is 13.9. The lowest BCUT2D eigenvalue weighted by molar-refractivity contribution is 0.826. The van der Waals surface area contributed by atoms with Crippen LogP contribution in [0.2, 0.25) is 0 Å². The van der Waals surface area contributed by atoms with Gasteiger partial charge in [-0.3, -0.25) is 9.97 Å². The molecule has 0 bridgehead atoms. The van der Waals surface area contributed by atoms with E-state index < -0.39 is 0 Å². The molecule has 9 aromatic rings. The first-order valence-electron chi connectivity index (χ1n) is 17.6. The van der Waals surface area contributed by atoms with Gasteiger partial charge in [0.1, 0.15) is 0 Å². The van der Waals surface area contributed by atoms with Gasteiger partial charge in [-0.25, -0.2) is 9.97 Å². The molecule has 0 radical (unpaired) electrons. The standard InChI is InChI=1S/C46H36N4S/c1-27(2)38-23-21-30-20-22-35-37(26-39(28(3)4)48-43(35)41(30)47-38)33-16-10-14-31(24-33)32-15-11-17-34(25-32)46-49-42(29-12-6-5-7-13-29)45-44(50-46)36-18-8-9-19-40(36)51-45/h5-28H,1-4H3. The fourth-order valence-corrected chi connectivity index (χ4v) is 8.13. The third-order valence-corrected chi connectivity index (χ3v) is 10.9. The molecule has 51 heavy (non-hydrogen) atoms. The van der Waals surface area contributed by atoms with Crippen LogP contribution in [0.25, 0.3) is 87.0 Å². The Hall–Kier alpha value is -5.78. The molecule has 0 saturated heterocycles. The average Bonchev–Trinajstić information content (AvgIpc) is 3.56. The van der Waals surface area contributed by atoms with Gasteiger partial charge in [-0.1, -0.05) is 131 Å². The van der Waals surface area contributed by atoms with Gasteiger partial charge in [-0.05, 0) is 64.4 Å². The van der Waals surface area contributed by atoms with Crippen molar-refractivity contribution in [1.82, 2.24) is 19.9 Å². The van der Waals surface area contributed by atoms with E-state index in [1.165, 1.54) is 10.3 Å². The first-order chi connectivity index (χ1) is 24.9. The van der Waals surface area contributed by atoms with Crippen LogP contribution >= 0.6 is 11.3 Å². The van der Waals surface area contributed by atoms with Gasteiger partial charge >= 0.3 is 0 Å². The number of benzene rings is 5. The summed E-state index contributed by atoms with van der Waals surface area (Å²) >= 11 is 1.76. The number of nitrogens with zero attached hydrogens (tertiary/aromatic N) is 4. The Morgan fingerprint density at radius 2 is 1.10 bits per heavy atom. The van der Waals surface area contributed by atoms with Gasteiger partial charge in [-0.2, -0.15) is 0 Å². The summed E-state index contributed by atoms with van der Waals surface area (Å²) in [6.45, 7) is 8.79. The van der Waals surface area contributed by atoms with Gasteiger partial charge in [-0.15, -0.1) is 11.3 Å². The molecule has 0 saturated carbocycles. The lowest BCUT2D eigenvalue weighted by Crippen LogP contribution is -1.99. The number of hydrogen-bond donors (Lipinski definition) is 0. The van der Waals surface area contributed by atoms with E-state index in [4.69, 9.17) is 19.9 Å². The predicted octanol–water partition coefficient (Wildman–Crippen LogP) is 12.9. The molecular weight excluding hydrogens is 641 g/mol. The minimum Gasteiger partial charge on any atom is -0.250 e. The molecule has 5 heteroatoms. The number of hydrogen-bond acceptors (Lipinski definition) is 5. The highest BCUT2D eigenvalue weighted by molar-refractivity contribution is 7.26. The van der Waals surface area contributed by atoms with Crippen LogP contribution in [0.3, 0.4) is 0 Å². The first kappa shape index (κ1) is 31.2. The summed E-state index contributed by atoms with van der Waals surface area (Å²) in [7, 11) is 0. The Labute approximate surface area is 301 Å². The van der Waals surface area contributed by atoms with E-state index in [0.29, 0.717) is 5.92 Å².